The molecule has 1 amide bonds. The van der Waals surface area contributed by atoms with E-state index in [4.69, 9.17) is 9.84 Å². The summed E-state index contributed by atoms with van der Waals surface area (Å²) < 4.78 is 5.50. The number of benzene rings is 1. The Bertz CT molecular complexity index is 426. The predicted octanol–water partition coefficient (Wildman–Crippen LogP) is 1.49. The number of carboxylic acid groups (broad SMARTS) is 1. The molecule has 5 heteroatoms. The van der Waals surface area contributed by atoms with Crippen molar-refractivity contribution in [3.63, 3.8) is 0 Å². The van der Waals surface area contributed by atoms with Crippen molar-refractivity contribution in [3.8, 4) is 5.75 Å². The summed E-state index contributed by atoms with van der Waals surface area (Å²) >= 11 is 0. The molecule has 0 bridgehead atoms. The lowest BCUT2D eigenvalue weighted by molar-refractivity contribution is 0.0585. The Morgan fingerprint density at radius 1 is 1.53 bits per heavy atom. The van der Waals surface area contributed by atoms with Gasteiger partial charge >= 0.3 is 6.09 Å². The van der Waals surface area contributed by atoms with Crippen LogP contribution in [0.15, 0.2) is 24.3 Å². The van der Waals surface area contributed by atoms with Crippen molar-refractivity contribution in [2.24, 2.45) is 5.92 Å². The van der Waals surface area contributed by atoms with Crippen LogP contribution in [0.3, 0.4) is 0 Å². The second kappa shape index (κ2) is 4.86. The molecule has 1 aliphatic rings. The summed E-state index contributed by atoms with van der Waals surface area (Å²) in [5, 5.41) is 8.65. The number of carbonyl (C=O) groups is 2. The quantitative estimate of drug-likeness (QED) is 0.803. The lowest BCUT2D eigenvalue weighted by atomic mass is 10.0. The molecule has 1 saturated heterocycles. The SMILES string of the molecule is O=Cc1cccc(OCC2CN(C(=O)O)C2)c1. The summed E-state index contributed by atoms with van der Waals surface area (Å²) in [7, 11) is 0. The van der Waals surface area contributed by atoms with Gasteiger partial charge in [0.25, 0.3) is 0 Å². The van der Waals surface area contributed by atoms with E-state index in [0.29, 0.717) is 31.0 Å². The molecule has 2 rings (SSSR count). The first-order valence-corrected chi connectivity index (χ1v) is 5.35. The van der Waals surface area contributed by atoms with Gasteiger partial charge in [0, 0.05) is 24.6 Å². The number of likely N-dealkylation sites (tertiary alicyclic amines) is 1. The lowest BCUT2D eigenvalue weighted by Crippen LogP contribution is -2.51. The van der Waals surface area contributed by atoms with Crippen LogP contribution in [0.5, 0.6) is 5.75 Å². The van der Waals surface area contributed by atoms with E-state index in [1.54, 1.807) is 24.3 Å². The predicted molar refractivity (Wildman–Crippen MR) is 60.4 cm³/mol. The van der Waals surface area contributed by atoms with E-state index in [1.165, 1.54) is 4.90 Å². The number of hydrogen-bond acceptors (Lipinski definition) is 3. The molecule has 1 aromatic rings. The number of hydrogen-bond donors (Lipinski definition) is 1. The minimum absolute atomic E-state index is 0.242. The van der Waals surface area contributed by atoms with Gasteiger partial charge in [-0.2, -0.15) is 0 Å². The fourth-order valence-corrected chi connectivity index (χ4v) is 1.72. The highest BCUT2D eigenvalue weighted by molar-refractivity contribution is 5.75. The zero-order chi connectivity index (χ0) is 12.3. The van der Waals surface area contributed by atoms with Gasteiger partial charge in [-0.15, -0.1) is 0 Å². The third kappa shape index (κ3) is 2.75. The maximum atomic E-state index is 10.6. The Morgan fingerprint density at radius 2 is 2.29 bits per heavy atom. The summed E-state index contributed by atoms with van der Waals surface area (Å²) in [6.45, 7) is 1.51. The van der Waals surface area contributed by atoms with Crippen LogP contribution in [0.1, 0.15) is 10.4 Å². The number of nitrogens with zero attached hydrogens (tertiary/aromatic N) is 1. The summed E-state index contributed by atoms with van der Waals surface area (Å²) in [6.07, 6.45) is -0.119. The first-order chi connectivity index (χ1) is 8.19. The van der Waals surface area contributed by atoms with E-state index in [1.807, 2.05) is 0 Å². The van der Waals surface area contributed by atoms with Crippen molar-refractivity contribution < 1.29 is 19.4 Å². The second-order valence-electron chi connectivity index (χ2n) is 4.05. The topological polar surface area (TPSA) is 66.8 Å². The molecule has 0 aromatic heterocycles. The molecule has 0 saturated carbocycles. The van der Waals surface area contributed by atoms with Gasteiger partial charge in [-0.25, -0.2) is 4.79 Å². The Morgan fingerprint density at radius 3 is 2.94 bits per heavy atom. The molecular weight excluding hydrogens is 222 g/mol. The van der Waals surface area contributed by atoms with Gasteiger partial charge < -0.3 is 14.7 Å². The molecule has 1 aliphatic heterocycles. The van der Waals surface area contributed by atoms with E-state index >= 15 is 0 Å². The van der Waals surface area contributed by atoms with Crippen LogP contribution in [-0.4, -0.2) is 42.1 Å². The highest BCUT2D eigenvalue weighted by Crippen LogP contribution is 2.18. The molecule has 5 nitrogen and oxygen atoms in total. The molecular formula is C12H13NO4. The van der Waals surface area contributed by atoms with Crippen LogP contribution >= 0.6 is 0 Å². The average Bonchev–Trinajstić information content (AvgIpc) is 2.27. The van der Waals surface area contributed by atoms with Crippen molar-refractivity contribution in [1.82, 2.24) is 4.90 Å². The van der Waals surface area contributed by atoms with Crippen LogP contribution < -0.4 is 4.74 Å². The molecule has 1 heterocycles. The van der Waals surface area contributed by atoms with Crippen LogP contribution in [0.25, 0.3) is 0 Å². The van der Waals surface area contributed by atoms with E-state index in [9.17, 15) is 9.59 Å². The number of aldehydes is 1. The van der Waals surface area contributed by atoms with Crippen LogP contribution in [-0.2, 0) is 0 Å². The first-order valence-electron chi connectivity index (χ1n) is 5.35. The summed E-state index contributed by atoms with van der Waals surface area (Å²) in [4.78, 5) is 22.4. The maximum Gasteiger partial charge on any atom is 0.407 e. The average molecular weight is 235 g/mol. The van der Waals surface area contributed by atoms with Crippen LogP contribution in [0.2, 0.25) is 0 Å². The van der Waals surface area contributed by atoms with E-state index in [-0.39, 0.29) is 5.92 Å². The maximum absolute atomic E-state index is 10.6. The van der Waals surface area contributed by atoms with Gasteiger partial charge in [-0.1, -0.05) is 12.1 Å². The largest absolute Gasteiger partial charge is 0.493 e. The van der Waals surface area contributed by atoms with Crippen LogP contribution in [0.4, 0.5) is 4.79 Å². The van der Waals surface area contributed by atoms with E-state index in [0.717, 1.165) is 6.29 Å². The summed E-state index contributed by atoms with van der Waals surface area (Å²) in [5.74, 6) is 0.884. The normalized spacial score (nSPS) is 15.2. The second-order valence-corrected chi connectivity index (χ2v) is 4.05. The number of amides is 1. The summed E-state index contributed by atoms with van der Waals surface area (Å²) in [6, 6.07) is 6.90. The first kappa shape index (κ1) is 11.4. The Hall–Kier alpha value is -2.04. The monoisotopic (exact) mass is 235 g/mol. The number of rotatable bonds is 4. The lowest BCUT2D eigenvalue weighted by Gasteiger charge is -2.36. The van der Waals surface area contributed by atoms with E-state index in [2.05, 4.69) is 0 Å². The summed E-state index contributed by atoms with van der Waals surface area (Å²) in [5.41, 5.74) is 0.572. The van der Waals surface area contributed by atoms with Gasteiger partial charge in [-0.05, 0) is 12.1 Å². The number of carbonyl (C=O) groups excluding carboxylic acids is 1. The van der Waals surface area contributed by atoms with Crippen molar-refractivity contribution in [2.75, 3.05) is 19.7 Å². The minimum Gasteiger partial charge on any atom is -0.493 e. The molecule has 0 spiro atoms. The van der Waals surface area contributed by atoms with E-state index < -0.39 is 6.09 Å². The molecule has 0 radical (unpaired) electrons. The van der Waals surface area contributed by atoms with Gasteiger partial charge in [0.15, 0.2) is 0 Å². The Kier molecular flexibility index (Phi) is 3.27. The van der Waals surface area contributed by atoms with Crippen molar-refractivity contribution in [2.45, 2.75) is 0 Å². The highest BCUT2D eigenvalue weighted by Gasteiger charge is 2.30. The standard InChI is InChI=1S/C12H13NO4/c14-7-9-2-1-3-11(4-9)17-8-10-5-13(6-10)12(15)16/h1-4,7,10H,5-6,8H2,(H,15,16). The zero-order valence-electron chi connectivity index (χ0n) is 9.20. The van der Waals surface area contributed by atoms with Gasteiger partial charge in [0.1, 0.15) is 12.0 Å². The van der Waals surface area contributed by atoms with Crippen molar-refractivity contribution >= 4 is 12.4 Å². The highest BCUT2D eigenvalue weighted by atomic mass is 16.5. The molecule has 0 unspecified atom stereocenters. The van der Waals surface area contributed by atoms with Crippen molar-refractivity contribution in [3.05, 3.63) is 29.8 Å². The third-order valence-electron chi connectivity index (χ3n) is 2.71. The molecule has 1 N–H and O–H groups in total. The van der Waals surface area contributed by atoms with Crippen LogP contribution in [0, 0.1) is 5.92 Å². The van der Waals surface area contributed by atoms with Gasteiger partial charge in [0.05, 0.1) is 6.61 Å². The van der Waals surface area contributed by atoms with Gasteiger partial charge in [0.2, 0.25) is 0 Å². The fraction of sp³-hybridized carbons (Fsp3) is 0.333. The fourth-order valence-electron chi connectivity index (χ4n) is 1.72. The molecule has 17 heavy (non-hydrogen) atoms. The molecule has 90 valence electrons. The Labute approximate surface area is 98.6 Å². The minimum atomic E-state index is -0.885. The molecule has 0 aliphatic carbocycles. The third-order valence-corrected chi connectivity index (χ3v) is 2.71. The van der Waals surface area contributed by atoms with Gasteiger partial charge in [-0.3, -0.25) is 4.79 Å². The molecule has 1 fully saturated rings. The number of ether oxygens (including phenoxy) is 1. The zero-order valence-corrected chi connectivity index (χ0v) is 9.20. The Balaban J connectivity index is 1.79. The van der Waals surface area contributed by atoms with Crippen molar-refractivity contribution in [1.29, 1.82) is 0 Å². The smallest absolute Gasteiger partial charge is 0.407 e. The molecule has 0 atom stereocenters. The molecule has 1 aromatic carbocycles.